The van der Waals surface area contributed by atoms with Crippen molar-refractivity contribution >= 4 is 16.6 Å². The van der Waals surface area contributed by atoms with E-state index in [-0.39, 0.29) is 27.9 Å². The summed E-state index contributed by atoms with van der Waals surface area (Å²) in [4.78, 5) is 16.6. The topological polar surface area (TPSA) is 70.8 Å². The molecule has 0 aromatic carbocycles. The third-order valence-corrected chi connectivity index (χ3v) is 6.27. The molecule has 2 aliphatic heterocycles. The summed E-state index contributed by atoms with van der Waals surface area (Å²) in [5, 5.41) is 9.37. The number of nitriles is 1. The van der Waals surface area contributed by atoms with Crippen LogP contribution in [0, 0.1) is 17.2 Å². The normalized spacial score (nSPS) is 32.8. The predicted octanol–water partition coefficient (Wildman–Crippen LogP) is 1.83. The van der Waals surface area contributed by atoms with Crippen LogP contribution in [0.2, 0.25) is 0 Å². The van der Waals surface area contributed by atoms with Gasteiger partial charge in [0.05, 0.1) is 5.56 Å². The molecule has 0 saturated carbocycles. The Hall–Kier alpha value is -1.54. The van der Waals surface area contributed by atoms with Crippen LogP contribution in [0.3, 0.4) is 0 Å². The quantitative estimate of drug-likeness (QED) is 0.771. The lowest BCUT2D eigenvalue weighted by atomic mass is 9.91. The Morgan fingerprint density at radius 3 is 2.68 bits per heavy atom. The number of pyridine rings is 1. The Morgan fingerprint density at radius 2 is 2.05 bits per heavy atom. The number of carbonyl (C=O) groups excluding carboxylic acids is 1. The SMILES string of the molecule is N#Cc1cccnc1C(=O)C1CC2CCC(C1)S2=O. The van der Waals surface area contributed by atoms with Gasteiger partial charge in [-0.2, -0.15) is 5.26 Å². The van der Waals surface area contributed by atoms with Crippen LogP contribution in [0.4, 0.5) is 0 Å². The van der Waals surface area contributed by atoms with Crippen molar-refractivity contribution in [1.82, 2.24) is 4.98 Å². The summed E-state index contributed by atoms with van der Waals surface area (Å²) in [6.45, 7) is 0. The first-order chi connectivity index (χ1) is 9.20. The van der Waals surface area contributed by atoms with Gasteiger partial charge in [0, 0.05) is 33.4 Å². The van der Waals surface area contributed by atoms with Crippen molar-refractivity contribution < 1.29 is 9.00 Å². The summed E-state index contributed by atoms with van der Waals surface area (Å²) >= 11 is 0. The van der Waals surface area contributed by atoms with Crippen molar-refractivity contribution in [3.8, 4) is 6.07 Å². The minimum atomic E-state index is -0.757. The van der Waals surface area contributed by atoms with Crippen LogP contribution in [-0.4, -0.2) is 25.5 Å². The molecule has 4 nitrogen and oxygen atoms in total. The van der Waals surface area contributed by atoms with E-state index in [0.29, 0.717) is 18.4 Å². The summed E-state index contributed by atoms with van der Waals surface area (Å²) in [5.74, 6) is -0.164. The van der Waals surface area contributed by atoms with E-state index >= 15 is 0 Å². The minimum absolute atomic E-state index is 0.0502. The molecular weight excluding hydrogens is 260 g/mol. The second-order valence-corrected chi connectivity index (χ2v) is 7.18. The lowest BCUT2D eigenvalue weighted by Crippen LogP contribution is -2.32. The zero-order chi connectivity index (χ0) is 13.4. The van der Waals surface area contributed by atoms with E-state index in [1.807, 2.05) is 6.07 Å². The largest absolute Gasteiger partial charge is 0.292 e. The molecule has 2 atom stereocenters. The molecule has 0 amide bonds. The zero-order valence-corrected chi connectivity index (χ0v) is 11.2. The summed E-state index contributed by atoms with van der Waals surface area (Å²) in [6.07, 6.45) is 4.85. The molecule has 0 aliphatic carbocycles. The van der Waals surface area contributed by atoms with Crippen molar-refractivity contribution in [3.05, 3.63) is 29.6 Å². The first-order valence-electron chi connectivity index (χ1n) is 6.49. The first-order valence-corrected chi connectivity index (χ1v) is 7.77. The van der Waals surface area contributed by atoms with Gasteiger partial charge < -0.3 is 0 Å². The molecule has 1 aromatic rings. The van der Waals surface area contributed by atoms with Crippen molar-refractivity contribution in [2.75, 3.05) is 0 Å². The average Bonchev–Trinajstić information content (AvgIpc) is 2.68. The molecule has 19 heavy (non-hydrogen) atoms. The number of aromatic nitrogens is 1. The van der Waals surface area contributed by atoms with Crippen LogP contribution in [0.5, 0.6) is 0 Å². The summed E-state index contributed by atoms with van der Waals surface area (Å²) in [5.41, 5.74) is 0.619. The Bertz CT molecular complexity index is 577. The highest BCUT2D eigenvalue weighted by Gasteiger charge is 2.43. The van der Waals surface area contributed by atoms with Crippen molar-refractivity contribution in [2.24, 2.45) is 5.92 Å². The maximum absolute atomic E-state index is 12.5. The molecule has 2 fully saturated rings. The van der Waals surface area contributed by atoms with Crippen LogP contribution in [0.25, 0.3) is 0 Å². The third-order valence-electron chi connectivity index (χ3n) is 4.09. The van der Waals surface area contributed by atoms with Crippen LogP contribution in [0.15, 0.2) is 18.3 Å². The van der Waals surface area contributed by atoms with Crippen molar-refractivity contribution in [2.45, 2.75) is 36.2 Å². The number of rotatable bonds is 2. The average molecular weight is 274 g/mol. The van der Waals surface area contributed by atoms with Gasteiger partial charge in [-0.25, -0.2) is 0 Å². The minimum Gasteiger partial charge on any atom is -0.292 e. The number of Topliss-reactive ketones (excluding diaryl/α,β-unsaturated/α-hetero) is 1. The van der Waals surface area contributed by atoms with Crippen molar-refractivity contribution in [3.63, 3.8) is 0 Å². The van der Waals surface area contributed by atoms with Gasteiger partial charge in [0.1, 0.15) is 11.8 Å². The summed E-state index contributed by atoms with van der Waals surface area (Å²) in [6, 6.07) is 5.30. The monoisotopic (exact) mass is 274 g/mol. The fourth-order valence-corrected chi connectivity index (χ4v) is 5.26. The molecule has 1 aromatic heterocycles. The molecule has 3 rings (SSSR count). The predicted molar refractivity (Wildman–Crippen MR) is 71.0 cm³/mol. The number of carbonyl (C=O) groups is 1. The Morgan fingerprint density at radius 1 is 1.37 bits per heavy atom. The third kappa shape index (κ3) is 2.10. The van der Waals surface area contributed by atoms with E-state index in [0.717, 1.165) is 12.8 Å². The van der Waals surface area contributed by atoms with E-state index in [4.69, 9.17) is 5.26 Å². The molecule has 2 unspecified atom stereocenters. The van der Waals surface area contributed by atoms with E-state index in [1.54, 1.807) is 18.3 Å². The molecule has 98 valence electrons. The Labute approximate surface area is 114 Å². The molecule has 0 N–H and O–H groups in total. The number of hydrogen-bond acceptors (Lipinski definition) is 4. The molecule has 2 bridgehead atoms. The van der Waals surface area contributed by atoms with E-state index in [1.165, 1.54) is 0 Å². The molecule has 2 saturated heterocycles. The van der Waals surface area contributed by atoms with Gasteiger partial charge in [-0.1, -0.05) is 0 Å². The zero-order valence-electron chi connectivity index (χ0n) is 10.4. The number of nitrogens with zero attached hydrogens (tertiary/aromatic N) is 2. The van der Waals surface area contributed by atoms with Gasteiger partial charge in [0.2, 0.25) is 0 Å². The van der Waals surface area contributed by atoms with Gasteiger partial charge in [0.15, 0.2) is 5.78 Å². The molecule has 0 spiro atoms. The van der Waals surface area contributed by atoms with Gasteiger partial charge in [-0.15, -0.1) is 0 Å². The fraction of sp³-hybridized carbons (Fsp3) is 0.500. The number of fused-ring (bicyclic) bond motifs is 2. The van der Waals surface area contributed by atoms with E-state index in [9.17, 15) is 9.00 Å². The van der Waals surface area contributed by atoms with E-state index < -0.39 is 10.8 Å². The fourth-order valence-electron chi connectivity index (χ4n) is 3.13. The highest BCUT2D eigenvalue weighted by molar-refractivity contribution is 7.86. The molecular formula is C14H14N2O2S. The van der Waals surface area contributed by atoms with Gasteiger partial charge in [-0.05, 0) is 37.8 Å². The van der Waals surface area contributed by atoms with Crippen LogP contribution >= 0.6 is 0 Å². The molecule has 2 aliphatic rings. The summed E-state index contributed by atoms with van der Waals surface area (Å²) in [7, 11) is -0.757. The highest BCUT2D eigenvalue weighted by atomic mass is 32.2. The molecule has 5 heteroatoms. The lowest BCUT2D eigenvalue weighted by Gasteiger charge is -2.26. The maximum atomic E-state index is 12.5. The smallest absolute Gasteiger partial charge is 0.185 e. The van der Waals surface area contributed by atoms with Crippen LogP contribution < -0.4 is 0 Å². The second kappa shape index (κ2) is 4.86. The standard InChI is InChI=1S/C14H14N2O2S/c15-8-9-2-1-5-16-13(9)14(17)10-6-11-3-4-12(7-10)19(11)18/h1-2,5,10-12H,3-4,6-7H2. The van der Waals surface area contributed by atoms with Crippen molar-refractivity contribution in [1.29, 1.82) is 5.26 Å². The first kappa shape index (κ1) is 12.5. The number of ketones is 1. The van der Waals surface area contributed by atoms with Crippen LogP contribution in [0.1, 0.15) is 41.7 Å². The van der Waals surface area contributed by atoms with Crippen LogP contribution in [-0.2, 0) is 10.8 Å². The Kier molecular flexibility index (Phi) is 3.19. The Balaban J connectivity index is 1.86. The van der Waals surface area contributed by atoms with Gasteiger partial charge in [-0.3, -0.25) is 14.0 Å². The summed E-state index contributed by atoms with van der Waals surface area (Å²) < 4.78 is 11.9. The highest BCUT2D eigenvalue weighted by Crippen LogP contribution is 2.39. The molecule has 3 heterocycles. The number of hydrogen-bond donors (Lipinski definition) is 0. The van der Waals surface area contributed by atoms with Gasteiger partial charge >= 0.3 is 0 Å². The lowest BCUT2D eigenvalue weighted by molar-refractivity contribution is 0.0900. The molecule has 0 radical (unpaired) electrons. The maximum Gasteiger partial charge on any atom is 0.185 e. The second-order valence-electron chi connectivity index (χ2n) is 5.19. The van der Waals surface area contributed by atoms with Gasteiger partial charge in [0.25, 0.3) is 0 Å². The van der Waals surface area contributed by atoms with E-state index in [2.05, 4.69) is 4.98 Å².